The predicted molar refractivity (Wildman–Crippen MR) is 76.8 cm³/mol. The highest BCUT2D eigenvalue weighted by Gasteiger charge is 2.35. The number of alkyl halides is 3. The number of rotatable bonds is 3. The summed E-state index contributed by atoms with van der Waals surface area (Å²) < 4.78 is 41.5. The molecule has 23 heavy (non-hydrogen) atoms. The molecule has 0 radical (unpaired) electrons. The third kappa shape index (κ3) is 3.94. The van der Waals surface area contributed by atoms with Gasteiger partial charge in [-0.15, -0.1) is 13.2 Å². The topological polar surface area (TPSA) is 44.8 Å². The molecular weight excluding hydrogens is 311 g/mol. The number of carbonyl (C=O) groups is 1. The minimum Gasteiger partial charge on any atom is -0.405 e. The number of fused-ring (bicyclic) bond motifs is 1. The van der Waals surface area contributed by atoms with E-state index in [2.05, 4.69) is 15.0 Å². The Balaban J connectivity index is 1.69. The Bertz CT molecular complexity index is 579. The van der Waals surface area contributed by atoms with Gasteiger partial charge in [0.15, 0.2) is 0 Å². The number of ether oxygens (including phenoxy) is 1. The van der Waals surface area contributed by atoms with Crippen molar-refractivity contribution in [3.63, 3.8) is 0 Å². The van der Waals surface area contributed by atoms with E-state index in [1.54, 1.807) is 12.1 Å². The molecule has 0 spiro atoms. The second kappa shape index (κ2) is 6.37. The van der Waals surface area contributed by atoms with E-state index >= 15 is 0 Å². The summed E-state index contributed by atoms with van der Waals surface area (Å²) >= 11 is 0. The van der Waals surface area contributed by atoms with Gasteiger partial charge in [0.1, 0.15) is 11.8 Å². The van der Waals surface area contributed by atoms with Crippen LogP contribution in [0.25, 0.3) is 0 Å². The lowest BCUT2D eigenvalue weighted by Crippen LogP contribution is -2.63. The van der Waals surface area contributed by atoms with Gasteiger partial charge in [0.2, 0.25) is 5.91 Å². The predicted octanol–water partition coefficient (Wildman–Crippen LogP) is 1.20. The zero-order chi connectivity index (χ0) is 16.4. The van der Waals surface area contributed by atoms with E-state index in [0.717, 1.165) is 13.1 Å². The summed E-state index contributed by atoms with van der Waals surface area (Å²) in [7, 11) is 0. The average Bonchev–Trinajstić information content (AvgIpc) is 2.49. The van der Waals surface area contributed by atoms with Crippen molar-refractivity contribution in [3.05, 3.63) is 29.8 Å². The summed E-state index contributed by atoms with van der Waals surface area (Å²) in [6.45, 7) is 3.75. The number of halogens is 3. The number of benzene rings is 1. The fourth-order valence-corrected chi connectivity index (χ4v) is 3.08. The molecule has 1 N–H and O–H groups in total. The quantitative estimate of drug-likeness (QED) is 0.905. The minimum atomic E-state index is -4.71. The molecule has 0 bridgehead atoms. The lowest BCUT2D eigenvalue weighted by Gasteiger charge is -2.43. The molecule has 0 aliphatic carbocycles. The zero-order valence-electron chi connectivity index (χ0n) is 12.5. The maximum atomic E-state index is 12.5. The van der Waals surface area contributed by atoms with Crippen molar-refractivity contribution in [2.24, 2.45) is 0 Å². The Morgan fingerprint density at radius 2 is 2.00 bits per heavy atom. The molecule has 0 aromatic heterocycles. The van der Waals surface area contributed by atoms with Crippen molar-refractivity contribution < 1.29 is 22.7 Å². The number of para-hydroxylation sites is 1. The molecular formula is C15H18F3N3O2. The normalized spacial score (nSPS) is 23.3. The fraction of sp³-hybridized carbons (Fsp3) is 0.533. The Hall–Kier alpha value is -1.80. The van der Waals surface area contributed by atoms with Crippen LogP contribution < -0.4 is 10.1 Å². The molecule has 0 unspecified atom stereocenters. The average molecular weight is 329 g/mol. The van der Waals surface area contributed by atoms with Gasteiger partial charge in [-0.3, -0.25) is 14.6 Å². The van der Waals surface area contributed by atoms with E-state index in [1.807, 2.05) is 4.90 Å². The van der Waals surface area contributed by atoms with Crippen LogP contribution in [0.2, 0.25) is 0 Å². The van der Waals surface area contributed by atoms with E-state index in [1.165, 1.54) is 12.1 Å². The van der Waals surface area contributed by atoms with Crippen LogP contribution in [0, 0.1) is 0 Å². The van der Waals surface area contributed by atoms with Crippen LogP contribution in [0.15, 0.2) is 24.3 Å². The summed E-state index contributed by atoms with van der Waals surface area (Å²) in [6, 6.07) is 5.90. The first-order valence-corrected chi connectivity index (χ1v) is 7.50. The maximum absolute atomic E-state index is 12.5. The molecule has 1 aromatic carbocycles. The highest BCUT2D eigenvalue weighted by molar-refractivity contribution is 5.82. The van der Waals surface area contributed by atoms with Gasteiger partial charge in [-0.2, -0.15) is 0 Å². The number of nitrogens with zero attached hydrogens (tertiary/aromatic N) is 2. The van der Waals surface area contributed by atoms with Gasteiger partial charge >= 0.3 is 6.36 Å². The standard InChI is InChI=1S/C15H18F3N3O2/c16-15(17,18)23-13-4-2-1-3-11(13)9-20-7-8-21-6-5-19-14(22)12(21)10-20/h1-4,12H,5-10H2,(H,19,22)/t12-/m0/s1. The Morgan fingerprint density at radius 3 is 2.78 bits per heavy atom. The van der Waals surface area contributed by atoms with Crippen LogP contribution in [-0.2, 0) is 11.3 Å². The molecule has 126 valence electrons. The Kier molecular flexibility index (Phi) is 4.45. The highest BCUT2D eigenvalue weighted by Crippen LogP contribution is 2.27. The molecule has 1 aromatic rings. The van der Waals surface area contributed by atoms with Crippen molar-refractivity contribution in [2.45, 2.75) is 18.9 Å². The Labute approximate surface area is 132 Å². The fourth-order valence-electron chi connectivity index (χ4n) is 3.08. The molecule has 2 fully saturated rings. The molecule has 2 aliphatic rings. The molecule has 1 amide bonds. The van der Waals surface area contributed by atoms with Crippen molar-refractivity contribution in [3.8, 4) is 5.75 Å². The van der Waals surface area contributed by atoms with E-state index < -0.39 is 6.36 Å². The first kappa shape index (κ1) is 16.1. The number of piperazine rings is 2. The summed E-state index contributed by atoms with van der Waals surface area (Å²) in [4.78, 5) is 16.0. The zero-order valence-corrected chi connectivity index (χ0v) is 12.5. The molecule has 5 nitrogen and oxygen atoms in total. The van der Waals surface area contributed by atoms with Crippen molar-refractivity contribution in [2.75, 3.05) is 32.7 Å². The number of carbonyl (C=O) groups excluding carboxylic acids is 1. The third-order valence-corrected chi connectivity index (χ3v) is 4.17. The Morgan fingerprint density at radius 1 is 1.22 bits per heavy atom. The van der Waals surface area contributed by atoms with Gasteiger partial charge in [0.05, 0.1) is 0 Å². The lowest BCUT2D eigenvalue weighted by molar-refractivity contribution is -0.275. The first-order chi connectivity index (χ1) is 10.9. The van der Waals surface area contributed by atoms with Crippen LogP contribution in [-0.4, -0.2) is 60.8 Å². The van der Waals surface area contributed by atoms with Crippen LogP contribution in [0.5, 0.6) is 5.75 Å². The van der Waals surface area contributed by atoms with Crippen LogP contribution >= 0.6 is 0 Å². The second-order valence-electron chi connectivity index (χ2n) is 5.73. The molecule has 2 aliphatic heterocycles. The van der Waals surface area contributed by atoms with Gasteiger partial charge in [-0.1, -0.05) is 18.2 Å². The van der Waals surface area contributed by atoms with Crippen molar-refractivity contribution >= 4 is 5.91 Å². The number of nitrogens with one attached hydrogen (secondary N) is 1. The molecule has 2 heterocycles. The molecule has 0 saturated carbocycles. The lowest BCUT2D eigenvalue weighted by atomic mass is 10.1. The number of amides is 1. The smallest absolute Gasteiger partial charge is 0.405 e. The highest BCUT2D eigenvalue weighted by atomic mass is 19.4. The van der Waals surface area contributed by atoms with E-state index in [0.29, 0.717) is 31.7 Å². The van der Waals surface area contributed by atoms with Gasteiger partial charge in [0.25, 0.3) is 0 Å². The molecule has 2 saturated heterocycles. The molecule has 1 atom stereocenters. The number of hydrogen-bond donors (Lipinski definition) is 1. The van der Waals surface area contributed by atoms with E-state index in [-0.39, 0.29) is 17.7 Å². The monoisotopic (exact) mass is 329 g/mol. The van der Waals surface area contributed by atoms with Crippen LogP contribution in [0.4, 0.5) is 13.2 Å². The summed E-state index contributed by atoms with van der Waals surface area (Å²) in [5, 5.41) is 2.83. The van der Waals surface area contributed by atoms with Gasteiger partial charge < -0.3 is 10.1 Å². The van der Waals surface area contributed by atoms with Crippen molar-refractivity contribution in [1.29, 1.82) is 0 Å². The molecule has 3 rings (SSSR count). The summed E-state index contributed by atoms with van der Waals surface area (Å²) in [5.41, 5.74) is 0.467. The van der Waals surface area contributed by atoms with Crippen LogP contribution in [0.3, 0.4) is 0 Å². The van der Waals surface area contributed by atoms with Crippen molar-refractivity contribution in [1.82, 2.24) is 15.1 Å². The van der Waals surface area contributed by atoms with E-state index in [4.69, 9.17) is 0 Å². The third-order valence-electron chi connectivity index (χ3n) is 4.17. The first-order valence-electron chi connectivity index (χ1n) is 7.50. The van der Waals surface area contributed by atoms with Gasteiger partial charge in [-0.25, -0.2) is 0 Å². The summed E-state index contributed by atoms with van der Waals surface area (Å²) in [6.07, 6.45) is -4.71. The van der Waals surface area contributed by atoms with Gasteiger partial charge in [0, 0.05) is 44.8 Å². The summed E-state index contributed by atoms with van der Waals surface area (Å²) in [5.74, 6) is -0.198. The second-order valence-corrected chi connectivity index (χ2v) is 5.73. The maximum Gasteiger partial charge on any atom is 0.573 e. The van der Waals surface area contributed by atoms with E-state index in [9.17, 15) is 18.0 Å². The SMILES string of the molecule is O=C1NCCN2CCN(Cc3ccccc3OC(F)(F)F)C[C@@H]12. The number of hydrogen-bond acceptors (Lipinski definition) is 4. The van der Waals surface area contributed by atoms with Crippen LogP contribution in [0.1, 0.15) is 5.56 Å². The van der Waals surface area contributed by atoms with Gasteiger partial charge in [-0.05, 0) is 6.07 Å². The largest absolute Gasteiger partial charge is 0.573 e. The minimum absolute atomic E-state index is 0.0132. The molecule has 8 heteroatoms.